The number of nitriles is 1. The smallest absolute Gasteiger partial charge is 0.319 e. The first-order valence-corrected chi connectivity index (χ1v) is 16.1. The monoisotopic (exact) mass is 656 g/mol. The van der Waals surface area contributed by atoms with E-state index in [9.17, 15) is 14.0 Å². The number of aromatic nitrogens is 2. The summed E-state index contributed by atoms with van der Waals surface area (Å²) < 4.78 is 64.9. The van der Waals surface area contributed by atoms with Gasteiger partial charge in [-0.25, -0.2) is 13.2 Å². The number of rotatable bonds is 4. The van der Waals surface area contributed by atoms with Crippen molar-refractivity contribution in [2.24, 2.45) is 0 Å². The predicted octanol–water partition coefficient (Wildman–Crippen LogP) is 5.84. The largest absolute Gasteiger partial charge is 0.489 e. The van der Waals surface area contributed by atoms with Crippen molar-refractivity contribution in [3.63, 3.8) is 0 Å². The summed E-state index contributed by atoms with van der Waals surface area (Å²) in [6.45, 7) is 2.98. The molecule has 0 spiro atoms. The Bertz CT molecular complexity index is 1920. The number of ether oxygens (including phenoxy) is 3. The molecule has 2 aromatic carbocycles. The van der Waals surface area contributed by atoms with Crippen LogP contribution in [0.1, 0.15) is 31.2 Å². The van der Waals surface area contributed by atoms with Crippen LogP contribution in [0.3, 0.4) is 0 Å². The molecule has 9 nitrogen and oxygen atoms in total. The highest BCUT2D eigenvalue weighted by molar-refractivity contribution is 7.23. The van der Waals surface area contributed by atoms with Crippen LogP contribution in [0.25, 0.3) is 32.1 Å². The first-order chi connectivity index (χ1) is 21.8. The van der Waals surface area contributed by atoms with Crippen LogP contribution in [0.5, 0.6) is 11.8 Å². The Morgan fingerprint density at radius 3 is 2.91 bits per heavy atom. The van der Waals surface area contributed by atoms with Gasteiger partial charge in [0.1, 0.15) is 47.6 Å². The van der Waals surface area contributed by atoms with E-state index in [1.54, 1.807) is 0 Å². The maximum absolute atomic E-state index is 17.0. The SMILES string of the molecule is N#Cc1c(N)sc2c(F)ccc(-c3c(Cl)c4c5c(nc(OCC67CCCN6CC(F)C7)nc5c3F)N3CCCOCC3CO4)c12. The number of hydrogen-bond acceptors (Lipinski definition) is 10. The van der Waals surface area contributed by atoms with Crippen LogP contribution in [0, 0.1) is 23.0 Å². The summed E-state index contributed by atoms with van der Waals surface area (Å²) >= 11 is 7.90. The Kier molecular flexibility index (Phi) is 6.90. The molecule has 14 heteroatoms. The second kappa shape index (κ2) is 10.8. The zero-order chi connectivity index (χ0) is 31.0. The first kappa shape index (κ1) is 28.9. The van der Waals surface area contributed by atoms with E-state index in [2.05, 4.69) is 9.88 Å². The van der Waals surface area contributed by atoms with Crippen molar-refractivity contribution in [1.82, 2.24) is 14.9 Å². The van der Waals surface area contributed by atoms with Crippen LogP contribution in [0.2, 0.25) is 5.02 Å². The van der Waals surface area contributed by atoms with Crippen molar-refractivity contribution >= 4 is 54.7 Å². The van der Waals surface area contributed by atoms with Crippen molar-refractivity contribution in [2.45, 2.75) is 43.4 Å². The first-order valence-electron chi connectivity index (χ1n) is 14.9. The Morgan fingerprint density at radius 2 is 2.07 bits per heavy atom. The number of thiophene rings is 1. The Hall–Kier alpha value is -3.57. The minimum absolute atomic E-state index is 0.0351. The number of alkyl halides is 1. The van der Waals surface area contributed by atoms with Crippen LogP contribution in [0.4, 0.5) is 24.0 Å². The second-order valence-electron chi connectivity index (χ2n) is 12.1. The summed E-state index contributed by atoms with van der Waals surface area (Å²) in [4.78, 5) is 13.5. The average molecular weight is 657 g/mol. The number of benzene rings is 2. The molecule has 0 saturated carbocycles. The van der Waals surface area contributed by atoms with Crippen LogP contribution >= 0.6 is 22.9 Å². The van der Waals surface area contributed by atoms with Gasteiger partial charge < -0.3 is 24.8 Å². The van der Waals surface area contributed by atoms with Gasteiger partial charge in [0, 0.05) is 37.1 Å². The van der Waals surface area contributed by atoms with E-state index in [1.807, 2.05) is 11.0 Å². The molecule has 8 rings (SSSR count). The molecule has 2 aromatic heterocycles. The fourth-order valence-electron chi connectivity index (χ4n) is 7.46. The number of hydrogen-bond donors (Lipinski definition) is 1. The summed E-state index contributed by atoms with van der Waals surface area (Å²) in [5.74, 6) is -0.807. The van der Waals surface area contributed by atoms with Crippen molar-refractivity contribution in [3.05, 3.63) is 34.4 Å². The van der Waals surface area contributed by atoms with Gasteiger partial charge in [0.25, 0.3) is 0 Å². The topological polar surface area (TPSA) is 110 Å². The van der Waals surface area contributed by atoms with E-state index in [0.717, 1.165) is 30.7 Å². The van der Waals surface area contributed by atoms with Gasteiger partial charge in [0.05, 0.1) is 38.9 Å². The molecule has 6 heterocycles. The number of nitrogen functional groups attached to an aromatic ring is 1. The van der Waals surface area contributed by atoms with Gasteiger partial charge in [-0.15, -0.1) is 11.3 Å². The normalized spacial score (nSPS) is 24.6. The fraction of sp³-hybridized carbons (Fsp3) is 0.452. The molecule has 0 amide bonds. The van der Waals surface area contributed by atoms with Crippen LogP contribution in [0.15, 0.2) is 12.1 Å². The quantitative estimate of drug-likeness (QED) is 0.290. The third-order valence-corrected chi connectivity index (χ3v) is 10.9. The van der Waals surface area contributed by atoms with Gasteiger partial charge >= 0.3 is 6.01 Å². The van der Waals surface area contributed by atoms with Crippen molar-refractivity contribution in [2.75, 3.05) is 56.7 Å². The van der Waals surface area contributed by atoms with Gasteiger partial charge in [-0.05, 0) is 37.4 Å². The van der Waals surface area contributed by atoms with E-state index in [0.29, 0.717) is 45.0 Å². The Balaban J connectivity index is 1.35. The van der Waals surface area contributed by atoms with Crippen LogP contribution < -0.4 is 20.1 Å². The lowest BCUT2D eigenvalue weighted by molar-refractivity contribution is 0.107. The fourth-order valence-corrected chi connectivity index (χ4v) is 8.74. The molecule has 45 heavy (non-hydrogen) atoms. The molecule has 3 unspecified atom stereocenters. The molecule has 0 bridgehead atoms. The molecule has 3 atom stereocenters. The van der Waals surface area contributed by atoms with E-state index in [1.165, 1.54) is 12.1 Å². The van der Waals surface area contributed by atoms with Crippen molar-refractivity contribution < 1.29 is 27.4 Å². The number of anilines is 2. The molecule has 4 aliphatic heterocycles. The summed E-state index contributed by atoms with van der Waals surface area (Å²) in [5, 5.41) is 10.4. The molecule has 2 N–H and O–H groups in total. The van der Waals surface area contributed by atoms with Crippen molar-refractivity contribution in [3.8, 4) is 29.0 Å². The molecule has 234 valence electrons. The lowest BCUT2D eigenvalue weighted by Gasteiger charge is -2.31. The zero-order valence-electron chi connectivity index (χ0n) is 24.0. The lowest BCUT2D eigenvalue weighted by Crippen LogP contribution is -2.43. The molecule has 4 aromatic rings. The summed E-state index contributed by atoms with van der Waals surface area (Å²) in [6.07, 6.45) is 1.86. The van der Waals surface area contributed by atoms with Gasteiger partial charge in [-0.1, -0.05) is 17.7 Å². The zero-order valence-corrected chi connectivity index (χ0v) is 25.6. The minimum atomic E-state index is -0.937. The van der Waals surface area contributed by atoms with Crippen LogP contribution in [-0.4, -0.2) is 78.7 Å². The van der Waals surface area contributed by atoms with Gasteiger partial charge in [-0.2, -0.15) is 15.2 Å². The maximum atomic E-state index is 17.0. The van der Waals surface area contributed by atoms with E-state index in [4.69, 9.17) is 36.5 Å². The summed E-state index contributed by atoms with van der Waals surface area (Å²) in [7, 11) is 0. The Labute approximate surface area is 265 Å². The number of halogens is 4. The third-order valence-electron chi connectivity index (χ3n) is 9.50. The highest BCUT2D eigenvalue weighted by atomic mass is 35.5. The third kappa shape index (κ3) is 4.40. The predicted molar refractivity (Wildman–Crippen MR) is 165 cm³/mol. The number of nitrogens with two attached hydrogens (primary N) is 1. The summed E-state index contributed by atoms with van der Waals surface area (Å²) in [6, 6.07) is 4.30. The maximum Gasteiger partial charge on any atom is 0.319 e. The summed E-state index contributed by atoms with van der Waals surface area (Å²) in [5.41, 5.74) is 5.64. The van der Waals surface area contributed by atoms with Crippen molar-refractivity contribution in [1.29, 1.82) is 5.26 Å². The number of nitrogens with zero attached hydrogens (tertiary/aromatic N) is 5. The van der Waals surface area contributed by atoms with Gasteiger partial charge in [0.2, 0.25) is 0 Å². The van der Waals surface area contributed by atoms with E-state index in [-0.39, 0.29) is 78.7 Å². The number of fused-ring (bicyclic) bond motifs is 4. The molecular formula is C31H28ClF3N6O3S. The average Bonchev–Trinajstić information content (AvgIpc) is 3.55. The minimum Gasteiger partial charge on any atom is -0.489 e. The molecular weight excluding hydrogens is 629 g/mol. The lowest BCUT2D eigenvalue weighted by atomic mass is 9.95. The molecule has 0 aliphatic carbocycles. The Morgan fingerprint density at radius 1 is 1.20 bits per heavy atom. The van der Waals surface area contributed by atoms with E-state index >= 15 is 4.39 Å². The molecule has 3 saturated heterocycles. The van der Waals surface area contributed by atoms with Crippen LogP contribution in [-0.2, 0) is 4.74 Å². The molecule has 0 radical (unpaired) electrons. The molecule has 3 fully saturated rings. The standard InChI is InChI=1S/C31H28ClF3N6O3S/c32-23-21(17-3-4-19(34)27-20(17)18(10-36)28(37)45-27)24(35)25-22-26(23)43-13-16-12-42-8-2-7-41(16)29(22)39-30(38-25)44-14-31-5-1-6-40(31)11-15(33)9-31/h3-4,15-16H,1-2,5-9,11-14,37H2. The highest BCUT2D eigenvalue weighted by Crippen LogP contribution is 2.51. The second-order valence-corrected chi connectivity index (χ2v) is 13.5. The van der Waals surface area contributed by atoms with Gasteiger partial charge in [-0.3, -0.25) is 4.90 Å². The van der Waals surface area contributed by atoms with E-state index < -0.39 is 23.3 Å². The molecule has 4 aliphatic rings. The highest BCUT2D eigenvalue weighted by Gasteiger charge is 2.49. The van der Waals surface area contributed by atoms with Gasteiger partial charge in [0.15, 0.2) is 11.6 Å².